The normalized spacial score (nSPS) is 23.2. The number of rotatable bonds is 3. The highest BCUT2D eigenvalue weighted by Gasteiger charge is 2.37. The fourth-order valence-electron chi connectivity index (χ4n) is 4.31. The van der Waals surface area contributed by atoms with E-state index in [1.54, 1.807) is 11.3 Å². The van der Waals surface area contributed by atoms with Crippen molar-refractivity contribution < 1.29 is 0 Å². The highest BCUT2D eigenvalue weighted by Crippen LogP contribution is 2.49. The number of aliphatic imine (C=N–C) groups is 1. The van der Waals surface area contributed by atoms with Gasteiger partial charge in [-0.2, -0.15) is 0 Å². The molecule has 0 radical (unpaired) electrons. The van der Waals surface area contributed by atoms with Crippen molar-refractivity contribution in [3.05, 3.63) is 93.7 Å². The van der Waals surface area contributed by atoms with Crippen molar-refractivity contribution in [1.82, 2.24) is 0 Å². The van der Waals surface area contributed by atoms with Gasteiger partial charge < -0.3 is 5.32 Å². The molecule has 2 heterocycles. The zero-order valence-electron chi connectivity index (χ0n) is 15.3. The smallest absolute Gasteiger partial charge is 0.0630 e. The first-order valence-electron chi connectivity index (χ1n) is 9.49. The van der Waals surface area contributed by atoms with Crippen LogP contribution in [0.5, 0.6) is 0 Å². The molecule has 1 aliphatic heterocycles. The third-order valence-electron chi connectivity index (χ3n) is 5.65. The second kappa shape index (κ2) is 6.82. The number of benzene rings is 2. The van der Waals surface area contributed by atoms with Gasteiger partial charge in [0, 0.05) is 22.7 Å². The Hall–Kier alpha value is -2.65. The van der Waals surface area contributed by atoms with E-state index in [0.717, 1.165) is 12.1 Å². The fraction of sp³-hybridized carbons (Fsp3) is 0.208. The third kappa shape index (κ3) is 3.13. The van der Waals surface area contributed by atoms with E-state index >= 15 is 0 Å². The summed E-state index contributed by atoms with van der Waals surface area (Å²) in [7, 11) is 0. The molecule has 0 amide bonds. The Morgan fingerprint density at radius 3 is 2.81 bits per heavy atom. The Kier molecular flexibility index (Phi) is 4.17. The highest BCUT2D eigenvalue weighted by molar-refractivity contribution is 7.11. The minimum atomic E-state index is 0.343. The second-order valence-corrected chi connectivity index (χ2v) is 8.41. The lowest BCUT2D eigenvalue weighted by Crippen LogP contribution is -2.29. The molecule has 1 N–H and O–H groups in total. The molecule has 0 saturated carbocycles. The maximum absolute atomic E-state index is 4.60. The van der Waals surface area contributed by atoms with Gasteiger partial charge in [-0.1, -0.05) is 48.0 Å². The number of hydrogen-bond donors (Lipinski definition) is 1. The molecule has 2 aromatic carbocycles. The van der Waals surface area contributed by atoms with Crippen molar-refractivity contribution in [2.45, 2.75) is 25.3 Å². The summed E-state index contributed by atoms with van der Waals surface area (Å²) < 4.78 is 0. The number of aryl methyl sites for hydroxylation is 1. The zero-order chi connectivity index (χ0) is 18.2. The number of fused-ring (bicyclic) bond motifs is 3. The van der Waals surface area contributed by atoms with Gasteiger partial charge in [0.25, 0.3) is 0 Å². The lowest BCUT2D eigenvalue weighted by Gasteiger charge is -2.37. The molecule has 2 nitrogen and oxygen atoms in total. The molecule has 0 fully saturated rings. The summed E-state index contributed by atoms with van der Waals surface area (Å²) in [4.78, 5) is 5.78. The molecule has 134 valence electrons. The van der Waals surface area contributed by atoms with E-state index in [2.05, 4.69) is 89.4 Å². The van der Waals surface area contributed by atoms with Crippen LogP contribution in [0.1, 0.15) is 39.9 Å². The van der Waals surface area contributed by atoms with Gasteiger partial charge in [-0.15, -0.1) is 11.3 Å². The number of thiophene rings is 1. The third-order valence-corrected chi connectivity index (χ3v) is 6.46. The van der Waals surface area contributed by atoms with Crippen LogP contribution < -0.4 is 5.32 Å². The van der Waals surface area contributed by atoms with Crippen LogP contribution in [0.4, 0.5) is 11.4 Å². The molecular weight excluding hydrogens is 348 g/mol. The quantitative estimate of drug-likeness (QED) is 0.406. The minimum Gasteiger partial charge on any atom is -0.378 e. The monoisotopic (exact) mass is 370 g/mol. The van der Waals surface area contributed by atoms with Crippen LogP contribution in [0.15, 0.2) is 77.1 Å². The molecule has 0 bridgehead atoms. The summed E-state index contributed by atoms with van der Waals surface area (Å²) >= 11 is 1.71. The Morgan fingerprint density at radius 1 is 1.11 bits per heavy atom. The van der Waals surface area contributed by atoms with Crippen molar-refractivity contribution in [3.63, 3.8) is 0 Å². The summed E-state index contributed by atoms with van der Waals surface area (Å²) in [5.74, 6) is 1.10. The van der Waals surface area contributed by atoms with Gasteiger partial charge in [-0.25, -0.2) is 0 Å². The number of hydrogen-bond acceptors (Lipinski definition) is 3. The molecule has 1 aromatic heterocycles. The Balaban J connectivity index is 1.42. The topological polar surface area (TPSA) is 24.4 Å². The second-order valence-electron chi connectivity index (χ2n) is 7.43. The van der Waals surface area contributed by atoms with Crippen LogP contribution in [0.2, 0.25) is 0 Å². The van der Waals surface area contributed by atoms with Crippen molar-refractivity contribution in [2.24, 2.45) is 10.9 Å². The van der Waals surface area contributed by atoms with E-state index < -0.39 is 0 Å². The summed E-state index contributed by atoms with van der Waals surface area (Å²) in [6.45, 7) is 2.18. The molecule has 27 heavy (non-hydrogen) atoms. The summed E-state index contributed by atoms with van der Waals surface area (Å²) in [6, 6.07) is 20.0. The standard InChI is InChI=1S/C24H22N2S/c1-16-7-12-23-22(14-16)20-5-2-6-21(20)24(26-23)17-8-10-18(11-9-17)25-15-19-4-3-13-27-19/h2-5,7-15,20-21,24,26H,6H2,1H3/t20-,21-,24-/m1/s1. The summed E-state index contributed by atoms with van der Waals surface area (Å²) in [6.07, 6.45) is 7.82. The Bertz CT molecular complexity index is 999. The summed E-state index contributed by atoms with van der Waals surface area (Å²) in [5.41, 5.74) is 6.40. The van der Waals surface area contributed by atoms with Crippen molar-refractivity contribution in [1.29, 1.82) is 0 Å². The molecule has 0 saturated heterocycles. The van der Waals surface area contributed by atoms with Gasteiger partial charge in [0.15, 0.2) is 0 Å². The molecule has 1 aliphatic carbocycles. The maximum atomic E-state index is 4.60. The van der Waals surface area contributed by atoms with E-state index in [-0.39, 0.29) is 0 Å². The average molecular weight is 371 g/mol. The Morgan fingerprint density at radius 2 is 2.00 bits per heavy atom. The van der Waals surface area contributed by atoms with Crippen LogP contribution in [0.3, 0.4) is 0 Å². The van der Waals surface area contributed by atoms with Gasteiger partial charge in [-0.05, 0) is 60.0 Å². The van der Waals surface area contributed by atoms with E-state index in [1.165, 1.54) is 27.3 Å². The van der Waals surface area contributed by atoms with Crippen molar-refractivity contribution >= 4 is 28.9 Å². The van der Waals surface area contributed by atoms with E-state index in [4.69, 9.17) is 0 Å². The molecule has 3 heteroatoms. The van der Waals surface area contributed by atoms with Crippen LogP contribution in [0.25, 0.3) is 0 Å². The SMILES string of the molecule is Cc1ccc2c(c1)[C@@H]1C=CC[C@H]1[C@@H](c1ccc(N=Cc3cccs3)cc1)N2. The number of allylic oxidation sites excluding steroid dienone is 2. The molecule has 3 atom stereocenters. The first kappa shape index (κ1) is 16.5. The van der Waals surface area contributed by atoms with Gasteiger partial charge >= 0.3 is 0 Å². The summed E-state index contributed by atoms with van der Waals surface area (Å²) in [5, 5.41) is 5.88. The minimum absolute atomic E-state index is 0.343. The lowest BCUT2D eigenvalue weighted by molar-refractivity contribution is 0.425. The lowest BCUT2D eigenvalue weighted by atomic mass is 9.76. The van der Waals surface area contributed by atoms with Crippen LogP contribution in [-0.4, -0.2) is 6.21 Å². The average Bonchev–Trinajstić information content (AvgIpc) is 3.38. The van der Waals surface area contributed by atoms with Crippen LogP contribution in [-0.2, 0) is 0 Å². The van der Waals surface area contributed by atoms with Gasteiger partial charge in [0.1, 0.15) is 0 Å². The molecule has 0 unspecified atom stereocenters. The van der Waals surface area contributed by atoms with Crippen molar-refractivity contribution in [3.8, 4) is 0 Å². The predicted octanol–water partition coefficient (Wildman–Crippen LogP) is 6.63. The first-order chi connectivity index (χ1) is 13.3. The molecule has 0 spiro atoms. The number of nitrogens with zero attached hydrogens (tertiary/aromatic N) is 1. The maximum Gasteiger partial charge on any atom is 0.0630 e. The molecular formula is C24H22N2S. The molecule has 2 aliphatic rings. The van der Waals surface area contributed by atoms with Crippen LogP contribution >= 0.6 is 11.3 Å². The predicted molar refractivity (Wildman–Crippen MR) is 116 cm³/mol. The van der Waals surface area contributed by atoms with Gasteiger partial charge in [-0.3, -0.25) is 4.99 Å². The first-order valence-corrected chi connectivity index (χ1v) is 10.4. The van der Waals surface area contributed by atoms with E-state index in [9.17, 15) is 0 Å². The van der Waals surface area contributed by atoms with Crippen LogP contribution in [0, 0.1) is 12.8 Å². The molecule has 3 aromatic rings. The zero-order valence-corrected chi connectivity index (χ0v) is 16.1. The number of nitrogens with one attached hydrogen (secondary N) is 1. The highest BCUT2D eigenvalue weighted by atomic mass is 32.1. The fourth-order valence-corrected chi connectivity index (χ4v) is 4.90. The van der Waals surface area contributed by atoms with Gasteiger partial charge in [0.05, 0.1) is 11.7 Å². The van der Waals surface area contributed by atoms with E-state index in [1.807, 2.05) is 6.21 Å². The van der Waals surface area contributed by atoms with Gasteiger partial charge in [0.2, 0.25) is 0 Å². The number of anilines is 1. The Labute approximate surface area is 164 Å². The van der Waals surface area contributed by atoms with Crippen molar-refractivity contribution in [2.75, 3.05) is 5.32 Å². The molecule has 5 rings (SSSR count). The van der Waals surface area contributed by atoms with E-state index in [0.29, 0.717) is 17.9 Å². The largest absolute Gasteiger partial charge is 0.378 e.